The summed E-state index contributed by atoms with van der Waals surface area (Å²) in [5.41, 5.74) is 7.31. The number of Topliss-reactive ketones (excluding diaryl/α,β-unsaturated/α-hetero) is 1. The molecule has 1 unspecified atom stereocenters. The molecule has 1 aliphatic carbocycles. The fourth-order valence-corrected chi connectivity index (χ4v) is 4.30. The molecule has 30 heavy (non-hydrogen) atoms. The first-order valence-electron chi connectivity index (χ1n) is 10.4. The van der Waals surface area contributed by atoms with Crippen LogP contribution in [0.2, 0.25) is 0 Å². The number of allylic oxidation sites excluding steroid dienone is 3. The van der Waals surface area contributed by atoms with Gasteiger partial charge in [0.2, 0.25) is 5.78 Å². The highest BCUT2D eigenvalue weighted by Crippen LogP contribution is 2.40. The number of carbonyl (C=O) groups excluding carboxylic acids is 1. The highest BCUT2D eigenvalue weighted by Gasteiger charge is 2.32. The van der Waals surface area contributed by atoms with Crippen LogP contribution in [0.3, 0.4) is 0 Å². The summed E-state index contributed by atoms with van der Waals surface area (Å²) >= 11 is 0. The van der Waals surface area contributed by atoms with E-state index in [-0.39, 0.29) is 11.8 Å². The van der Waals surface area contributed by atoms with Gasteiger partial charge in [-0.25, -0.2) is 0 Å². The van der Waals surface area contributed by atoms with Crippen LogP contribution in [0.4, 0.5) is 0 Å². The molecule has 3 aromatic carbocycles. The van der Waals surface area contributed by atoms with Gasteiger partial charge >= 0.3 is 0 Å². The summed E-state index contributed by atoms with van der Waals surface area (Å²) in [6.07, 6.45) is 5.91. The highest BCUT2D eigenvalue weighted by molar-refractivity contribution is 6.14. The topological polar surface area (TPSA) is 29.1 Å². The third-order valence-electron chi connectivity index (χ3n) is 5.81. The number of nitrogens with one attached hydrogen (secondary N) is 1. The molecule has 1 aliphatic heterocycles. The van der Waals surface area contributed by atoms with Gasteiger partial charge in [-0.1, -0.05) is 91.0 Å². The summed E-state index contributed by atoms with van der Waals surface area (Å²) in [6, 6.07) is 30.8. The van der Waals surface area contributed by atoms with Crippen molar-refractivity contribution in [1.82, 2.24) is 5.32 Å². The van der Waals surface area contributed by atoms with Crippen LogP contribution in [0.5, 0.6) is 0 Å². The van der Waals surface area contributed by atoms with Gasteiger partial charge in [-0.05, 0) is 52.8 Å². The number of dihydropyridines is 1. The van der Waals surface area contributed by atoms with E-state index in [2.05, 4.69) is 47.8 Å². The van der Waals surface area contributed by atoms with Crippen LogP contribution >= 0.6 is 0 Å². The molecule has 5 rings (SSSR count). The van der Waals surface area contributed by atoms with Gasteiger partial charge in [0.1, 0.15) is 0 Å². The second-order valence-electron chi connectivity index (χ2n) is 7.74. The number of carbonyl (C=O) groups is 1. The zero-order chi connectivity index (χ0) is 20.3. The smallest absolute Gasteiger partial charge is 0.205 e. The van der Waals surface area contributed by atoms with Gasteiger partial charge < -0.3 is 5.32 Å². The molecule has 0 aromatic heterocycles. The van der Waals surface area contributed by atoms with E-state index in [1.165, 1.54) is 5.57 Å². The molecule has 0 radical (unpaired) electrons. The van der Waals surface area contributed by atoms with Crippen molar-refractivity contribution in [3.63, 3.8) is 0 Å². The zero-order valence-corrected chi connectivity index (χ0v) is 16.7. The van der Waals surface area contributed by atoms with Crippen LogP contribution in [0.25, 0.3) is 11.6 Å². The molecular weight excluding hydrogens is 366 g/mol. The number of hydrogen-bond acceptors (Lipinski definition) is 2. The zero-order valence-electron chi connectivity index (χ0n) is 16.7. The van der Waals surface area contributed by atoms with Gasteiger partial charge in [-0.2, -0.15) is 0 Å². The lowest BCUT2D eigenvalue weighted by Crippen LogP contribution is -2.32. The number of benzene rings is 3. The predicted octanol–water partition coefficient (Wildman–Crippen LogP) is 6.12. The van der Waals surface area contributed by atoms with Crippen LogP contribution in [0, 0.1) is 0 Å². The molecule has 2 nitrogen and oxygen atoms in total. The summed E-state index contributed by atoms with van der Waals surface area (Å²) in [5.74, 6) is 0.113. The molecule has 0 amide bonds. The Kier molecular flexibility index (Phi) is 4.90. The van der Waals surface area contributed by atoms with Crippen molar-refractivity contribution in [3.8, 4) is 0 Å². The molecule has 146 valence electrons. The second kappa shape index (κ2) is 8.00. The average Bonchev–Trinajstić information content (AvgIpc) is 2.82. The van der Waals surface area contributed by atoms with Gasteiger partial charge in [-0.3, -0.25) is 4.79 Å². The first kappa shape index (κ1) is 18.4. The Morgan fingerprint density at radius 3 is 2.10 bits per heavy atom. The lowest BCUT2D eigenvalue weighted by molar-refractivity contribution is -0.113. The first-order chi connectivity index (χ1) is 14.8. The third-order valence-corrected chi connectivity index (χ3v) is 5.81. The molecule has 0 fully saturated rings. The number of hydrogen-bond donors (Lipinski definition) is 1. The van der Waals surface area contributed by atoms with E-state index in [0.29, 0.717) is 0 Å². The van der Waals surface area contributed by atoms with E-state index < -0.39 is 0 Å². The van der Waals surface area contributed by atoms with Crippen LogP contribution in [0.15, 0.2) is 114 Å². The molecule has 2 heteroatoms. The van der Waals surface area contributed by atoms with Crippen molar-refractivity contribution in [2.24, 2.45) is 0 Å². The highest BCUT2D eigenvalue weighted by atomic mass is 16.1. The normalized spacial score (nSPS) is 19.9. The van der Waals surface area contributed by atoms with Gasteiger partial charge in [-0.15, -0.1) is 0 Å². The quantitative estimate of drug-likeness (QED) is 0.547. The lowest BCUT2D eigenvalue weighted by Gasteiger charge is -2.32. The SMILES string of the molecule is O=C1C2=C(CC/C1=C\c1ccccc1)C(c1ccccc1)=CC(c1ccccc1)N2. The molecule has 1 atom stereocenters. The van der Waals surface area contributed by atoms with E-state index >= 15 is 0 Å². The Morgan fingerprint density at radius 2 is 1.40 bits per heavy atom. The van der Waals surface area contributed by atoms with E-state index in [0.717, 1.165) is 46.4 Å². The van der Waals surface area contributed by atoms with E-state index in [9.17, 15) is 4.79 Å². The Bertz CT molecular complexity index is 1160. The summed E-state index contributed by atoms with van der Waals surface area (Å²) < 4.78 is 0. The van der Waals surface area contributed by atoms with E-state index in [4.69, 9.17) is 0 Å². The van der Waals surface area contributed by atoms with Crippen molar-refractivity contribution < 1.29 is 4.79 Å². The second-order valence-corrected chi connectivity index (χ2v) is 7.74. The molecule has 1 heterocycles. The predicted molar refractivity (Wildman–Crippen MR) is 122 cm³/mol. The lowest BCUT2D eigenvalue weighted by atomic mass is 9.80. The molecule has 0 spiro atoms. The van der Waals surface area contributed by atoms with Crippen LogP contribution in [-0.4, -0.2) is 5.78 Å². The largest absolute Gasteiger partial charge is 0.371 e. The van der Waals surface area contributed by atoms with Crippen LogP contribution in [0.1, 0.15) is 35.6 Å². The summed E-state index contributed by atoms with van der Waals surface area (Å²) in [4.78, 5) is 13.5. The minimum atomic E-state index is -0.0276. The van der Waals surface area contributed by atoms with Gasteiger partial charge in [0.05, 0.1) is 11.7 Å². The van der Waals surface area contributed by atoms with Gasteiger partial charge in [0.15, 0.2) is 0 Å². The fourth-order valence-electron chi connectivity index (χ4n) is 4.30. The number of rotatable bonds is 3. The van der Waals surface area contributed by atoms with Crippen molar-refractivity contribution in [3.05, 3.63) is 131 Å². The maximum absolute atomic E-state index is 13.5. The summed E-state index contributed by atoms with van der Waals surface area (Å²) in [6.45, 7) is 0. The standard InChI is InChI=1S/C28H23NO/c30-28-23(18-20-10-4-1-5-11-20)16-17-24-25(21-12-6-2-7-13-21)19-26(29-27(24)28)22-14-8-3-9-15-22/h1-15,18-19,26,29H,16-17H2/b23-18+. The molecule has 2 aliphatic rings. The first-order valence-corrected chi connectivity index (χ1v) is 10.4. The maximum atomic E-state index is 13.5. The van der Waals surface area contributed by atoms with E-state index in [1.54, 1.807) is 0 Å². The molecular formula is C28H23NO. The van der Waals surface area contributed by atoms with Crippen molar-refractivity contribution in [2.45, 2.75) is 18.9 Å². The summed E-state index contributed by atoms with van der Waals surface area (Å²) in [7, 11) is 0. The maximum Gasteiger partial charge on any atom is 0.205 e. The number of ketones is 1. The van der Waals surface area contributed by atoms with Crippen molar-refractivity contribution >= 4 is 17.4 Å². The van der Waals surface area contributed by atoms with Crippen LogP contribution in [-0.2, 0) is 4.79 Å². The molecule has 1 N–H and O–H groups in total. The fraction of sp³-hybridized carbons (Fsp3) is 0.107. The minimum Gasteiger partial charge on any atom is -0.371 e. The monoisotopic (exact) mass is 389 g/mol. The molecule has 0 saturated carbocycles. The van der Waals surface area contributed by atoms with Crippen molar-refractivity contribution in [1.29, 1.82) is 0 Å². The van der Waals surface area contributed by atoms with Crippen molar-refractivity contribution in [2.75, 3.05) is 0 Å². The Hall–Kier alpha value is -3.65. The van der Waals surface area contributed by atoms with Crippen LogP contribution < -0.4 is 5.32 Å². The minimum absolute atomic E-state index is 0.0276. The third kappa shape index (κ3) is 3.53. The Balaban J connectivity index is 1.58. The van der Waals surface area contributed by atoms with Gasteiger partial charge in [0.25, 0.3) is 0 Å². The Labute approximate surface area is 177 Å². The molecule has 0 saturated heterocycles. The molecule has 0 bridgehead atoms. The average molecular weight is 389 g/mol. The van der Waals surface area contributed by atoms with Gasteiger partial charge in [0, 0.05) is 5.57 Å². The summed E-state index contributed by atoms with van der Waals surface area (Å²) in [5, 5.41) is 3.55. The molecule has 3 aromatic rings. The van der Waals surface area contributed by atoms with E-state index in [1.807, 2.05) is 60.7 Å². The Morgan fingerprint density at radius 1 is 0.767 bits per heavy atom.